The van der Waals surface area contributed by atoms with Gasteiger partial charge < -0.3 is 4.74 Å². The summed E-state index contributed by atoms with van der Waals surface area (Å²) in [6.45, 7) is 0. The highest BCUT2D eigenvalue weighted by Gasteiger charge is 2.74. The molecule has 2 aliphatic heterocycles. The first kappa shape index (κ1) is 21.2. The van der Waals surface area contributed by atoms with E-state index >= 15 is 0 Å². The summed E-state index contributed by atoms with van der Waals surface area (Å²) in [6, 6.07) is 19.6. The summed E-state index contributed by atoms with van der Waals surface area (Å²) < 4.78 is 6.22. The fourth-order valence-corrected chi connectivity index (χ4v) is 5.90. The molecule has 3 aliphatic rings. The quantitative estimate of drug-likeness (QED) is 0.383. The van der Waals surface area contributed by atoms with Crippen LogP contribution in [0.3, 0.4) is 0 Å². The van der Waals surface area contributed by atoms with E-state index in [0.717, 1.165) is 4.90 Å². The second kappa shape index (κ2) is 7.34. The van der Waals surface area contributed by atoms with Crippen molar-refractivity contribution in [2.24, 2.45) is 11.8 Å². The topological polar surface area (TPSA) is 80.8 Å². The van der Waals surface area contributed by atoms with Crippen LogP contribution in [0.5, 0.6) is 0 Å². The average Bonchev–Trinajstić information content (AvgIpc) is 3.39. The van der Waals surface area contributed by atoms with Gasteiger partial charge in [0.05, 0.1) is 23.6 Å². The predicted octanol–water partition coefficient (Wildman–Crippen LogP) is 4.69. The lowest BCUT2D eigenvalue weighted by Gasteiger charge is -2.27. The van der Waals surface area contributed by atoms with Gasteiger partial charge in [0.2, 0.25) is 29.0 Å². The largest absolute Gasteiger partial charge is 0.349 e. The second-order valence-corrected chi connectivity index (χ2v) is 9.40. The lowest BCUT2D eigenvalue weighted by atomic mass is 9.77. The first-order chi connectivity index (χ1) is 16.3. The number of hydrogen-bond acceptors (Lipinski definition) is 5. The van der Waals surface area contributed by atoms with Crippen molar-refractivity contribution in [3.63, 3.8) is 0 Å². The molecule has 6 rings (SSSR count). The molecule has 3 atom stereocenters. The number of anilines is 1. The molecular formula is C26H15Cl2NO5. The van der Waals surface area contributed by atoms with Crippen molar-refractivity contribution in [2.75, 3.05) is 4.90 Å². The number of fused-ring (bicyclic) bond motifs is 3. The van der Waals surface area contributed by atoms with Gasteiger partial charge in [-0.3, -0.25) is 19.2 Å². The number of ether oxygens (including phenoxy) is 1. The number of nitrogens with zero attached hydrogens (tertiary/aromatic N) is 1. The van der Waals surface area contributed by atoms with Crippen molar-refractivity contribution in [3.05, 3.63) is 99.5 Å². The number of ketones is 2. The lowest BCUT2D eigenvalue weighted by Crippen LogP contribution is -2.51. The third kappa shape index (κ3) is 2.67. The van der Waals surface area contributed by atoms with Crippen molar-refractivity contribution >= 4 is 52.3 Å². The Morgan fingerprint density at radius 1 is 0.735 bits per heavy atom. The minimum absolute atomic E-state index is 0.180. The van der Waals surface area contributed by atoms with Crippen LogP contribution in [0.2, 0.25) is 10.0 Å². The fourth-order valence-electron chi connectivity index (χ4n) is 5.38. The van der Waals surface area contributed by atoms with Crippen LogP contribution in [-0.2, 0) is 14.3 Å². The molecule has 0 radical (unpaired) electrons. The van der Waals surface area contributed by atoms with Gasteiger partial charge >= 0.3 is 0 Å². The van der Waals surface area contributed by atoms with Crippen molar-refractivity contribution < 1.29 is 23.9 Å². The smallest absolute Gasteiger partial charge is 0.241 e. The van der Waals surface area contributed by atoms with Crippen LogP contribution >= 0.6 is 23.2 Å². The molecule has 2 heterocycles. The number of carbonyl (C=O) groups is 4. The molecular weight excluding hydrogens is 477 g/mol. The minimum Gasteiger partial charge on any atom is -0.349 e. The molecule has 1 aliphatic carbocycles. The normalized spacial score (nSPS) is 24.8. The molecule has 2 saturated heterocycles. The molecule has 8 heteroatoms. The van der Waals surface area contributed by atoms with Gasteiger partial charge in [-0.2, -0.15) is 0 Å². The van der Waals surface area contributed by atoms with E-state index in [4.69, 9.17) is 27.9 Å². The Morgan fingerprint density at radius 2 is 1.29 bits per heavy atom. The van der Waals surface area contributed by atoms with E-state index in [2.05, 4.69) is 0 Å². The van der Waals surface area contributed by atoms with E-state index in [1.165, 1.54) is 30.3 Å². The first-order valence-electron chi connectivity index (χ1n) is 10.6. The van der Waals surface area contributed by atoms with E-state index in [1.54, 1.807) is 42.5 Å². The zero-order chi connectivity index (χ0) is 23.8. The standard InChI is InChI=1S/C26H15Cl2NO5/c27-14-10-15(28)12-16(11-14)29-24(32)19-20(25(29)33)26(34-21(19)13-6-2-1-3-7-13)22(30)17-8-4-5-9-18(17)23(26)31/h1-12,19-21H/t19-,20+,21+/m0/s1. The second-order valence-electron chi connectivity index (χ2n) is 8.53. The summed E-state index contributed by atoms with van der Waals surface area (Å²) in [5.41, 5.74) is -0.968. The van der Waals surface area contributed by atoms with Crippen LogP contribution in [-0.4, -0.2) is 29.0 Å². The molecule has 0 saturated carbocycles. The van der Waals surface area contributed by atoms with Gasteiger partial charge in [0, 0.05) is 21.2 Å². The predicted molar refractivity (Wildman–Crippen MR) is 124 cm³/mol. The number of benzene rings is 3. The lowest BCUT2D eigenvalue weighted by molar-refractivity contribution is -0.127. The van der Waals surface area contributed by atoms with Crippen LogP contribution in [0.15, 0.2) is 72.8 Å². The highest BCUT2D eigenvalue weighted by Crippen LogP contribution is 2.57. The maximum Gasteiger partial charge on any atom is 0.241 e. The molecule has 168 valence electrons. The number of carbonyl (C=O) groups excluding carboxylic acids is 4. The SMILES string of the molecule is O=C1[C@@H]2[C@@H](c3ccccc3)OC3(C(=O)c4ccccc4C3=O)[C@H]2C(=O)N1c1cc(Cl)cc(Cl)c1. The summed E-state index contributed by atoms with van der Waals surface area (Å²) in [5.74, 6) is -4.87. The molecule has 3 aromatic rings. The molecule has 2 amide bonds. The average molecular weight is 492 g/mol. The van der Waals surface area contributed by atoms with Gasteiger partial charge in [-0.1, -0.05) is 77.8 Å². The van der Waals surface area contributed by atoms with E-state index in [-0.39, 0.29) is 26.9 Å². The maximum atomic E-state index is 13.8. The Hall–Kier alpha value is -3.32. The molecule has 34 heavy (non-hydrogen) atoms. The Kier molecular flexibility index (Phi) is 4.58. The van der Waals surface area contributed by atoms with E-state index in [0.29, 0.717) is 5.56 Å². The van der Waals surface area contributed by atoms with Crippen LogP contribution < -0.4 is 4.90 Å². The summed E-state index contributed by atoms with van der Waals surface area (Å²) in [4.78, 5) is 55.9. The Bertz CT molecular complexity index is 1360. The molecule has 0 unspecified atom stereocenters. The van der Waals surface area contributed by atoms with Crippen molar-refractivity contribution in [2.45, 2.75) is 11.7 Å². The van der Waals surface area contributed by atoms with E-state index in [9.17, 15) is 19.2 Å². The molecule has 0 aromatic heterocycles. The van der Waals surface area contributed by atoms with Gasteiger partial charge in [0.25, 0.3) is 0 Å². The Balaban J connectivity index is 1.56. The highest BCUT2D eigenvalue weighted by atomic mass is 35.5. The molecule has 3 aromatic carbocycles. The van der Waals surface area contributed by atoms with Crippen molar-refractivity contribution in [1.82, 2.24) is 0 Å². The van der Waals surface area contributed by atoms with E-state index < -0.39 is 46.9 Å². The summed E-state index contributed by atoms with van der Waals surface area (Å²) in [6.07, 6.45) is -0.968. The van der Waals surface area contributed by atoms with Crippen molar-refractivity contribution in [1.29, 1.82) is 0 Å². The zero-order valence-corrected chi connectivity index (χ0v) is 18.9. The number of rotatable bonds is 2. The summed E-state index contributed by atoms with van der Waals surface area (Å²) in [7, 11) is 0. The third-order valence-electron chi connectivity index (χ3n) is 6.75. The van der Waals surface area contributed by atoms with Crippen molar-refractivity contribution in [3.8, 4) is 0 Å². The fraction of sp³-hybridized carbons (Fsp3) is 0.154. The van der Waals surface area contributed by atoms with Crippen LogP contribution in [0.25, 0.3) is 0 Å². The van der Waals surface area contributed by atoms with E-state index in [1.807, 2.05) is 0 Å². The van der Waals surface area contributed by atoms with Gasteiger partial charge in [0.1, 0.15) is 0 Å². The van der Waals surface area contributed by atoms with Gasteiger partial charge in [-0.05, 0) is 23.8 Å². The minimum atomic E-state index is -2.11. The number of imide groups is 1. The first-order valence-corrected chi connectivity index (χ1v) is 11.4. The molecule has 6 nitrogen and oxygen atoms in total. The molecule has 2 fully saturated rings. The number of hydrogen-bond donors (Lipinski definition) is 0. The van der Waals surface area contributed by atoms with Crippen LogP contribution in [0.1, 0.15) is 32.4 Å². The summed E-state index contributed by atoms with van der Waals surface area (Å²) in [5, 5.41) is 0.484. The van der Waals surface area contributed by atoms with Crippen LogP contribution in [0, 0.1) is 11.8 Å². The van der Waals surface area contributed by atoms with Crippen LogP contribution in [0.4, 0.5) is 5.69 Å². The highest BCUT2D eigenvalue weighted by molar-refractivity contribution is 6.38. The molecule has 0 N–H and O–H groups in total. The number of amides is 2. The van der Waals surface area contributed by atoms with Gasteiger partial charge in [-0.15, -0.1) is 0 Å². The monoisotopic (exact) mass is 491 g/mol. The van der Waals surface area contributed by atoms with Gasteiger partial charge in [0.15, 0.2) is 0 Å². The van der Waals surface area contributed by atoms with Gasteiger partial charge in [-0.25, -0.2) is 4.90 Å². The zero-order valence-electron chi connectivity index (χ0n) is 17.4. The number of Topliss-reactive ketones (excluding diaryl/α,β-unsaturated/α-hetero) is 2. The maximum absolute atomic E-state index is 13.8. The Labute approximate surface area is 204 Å². The molecule has 0 bridgehead atoms. The third-order valence-corrected chi connectivity index (χ3v) is 7.19. The number of halogens is 2. The Morgan fingerprint density at radius 3 is 1.88 bits per heavy atom. The molecule has 1 spiro atoms. The summed E-state index contributed by atoms with van der Waals surface area (Å²) >= 11 is 12.3.